The van der Waals surface area contributed by atoms with Crippen molar-refractivity contribution in [1.82, 2.24) is 0 Å². The largest absolute Gasteiger partial charge is 0.468 e. The topological polar surface area (TPSA) is 76.1 Å². The minimum absolute atomic E-state index is 0.355. The first-order valence-corrected chi connectivity index (χ1v) is 9.10. The Hall–Kier alpha value is -2.90. The van der Waals surface area contributed by atoms with Crippen LogP contribution in [0.15, 0.2) is 54.6 Å². The number of anilines is 1. The molecule has 0 aliphatic carbocycles. The molecule has 0 saturated heterocycles. The Morgan fingerprint density at radius 2 is 1.67 bits per heavy atom. The molecular formula is C20H17NO5S. The number of methoxy groups -OCH3 is 2. The monoisotopic (exact) mass is 383 g/mol. The van der Waals surface area contributed by atoms with Crippen molar-refractivity contribution in [2.45, 2.75) is 11.5 Å². The zero-order chi connectivity index (χ0) is 19.2. The average molecular weight is 383 g/mol. The highest BCUT2D eigenvalue weighted by Gasteiger charge is 2.64. The summed E-state index contributed by atoms with van der Waals surface area (Å²) >= 11 is 1.41. The maximum atomic E-state index is 13.0. The van der Waals surface area contributed by atoms with E-state index in [1.54, 1.807) is 24.3 Å². The van der Waals surface area contributed by atoms with E-state index in [-0.39, 0.29) is 0 Å². The average Bonchev–Trinajstić information content (AvgIpc) is 3.24. The third-order valence-electron chi connectivity index (χ3n) is 4.96. The van der Waals surface area contributed by atoms with Gasteiger partial charge in [-0.1, -0.05) is 36.4 Å². The van der Waals surface area contributed by atoms with Crippen LogP contribution in [0.25, 0.3) is 10.1 Å². The third kappa shape index (κ3) is 2.28. The van der Waals surface area contributed by atoms with Crippen LogP contribution >= 0.6 is 11.3 Å². The van der Waals surface area contributed by atoms with Crippen LogP contribution in [0.3, 0.4) is 0 Å². The Morgan fingerprint density at radius 1 is 1.04 bits per heavy atom. The van der Waals surface area contributed by atoms with Crippen LogP contribution in [-0.2, 0) is 24.5 Å². The van der Waals surface area contributed by atoms with Crippen LogP contribution in [-0.4, -0.2) is 31.4 Å². The molecule has 0 spiro atoms. The SMILES string of the molecule is COC(=O)C1(C(=O)OC)c2ccccc2N(O)[C@H]1c1cc2ccccc2s1. The van der Waals surface area contributed by atoms with Gasteiger partial charge in [-0.2, -0.15) is 0 Å². The molecule has 138 valence electrons. The molecule has 0 radical (unpaired) electrons. The summed E-state index contributed by atoms with van der Waals surface area (Å²) in [4.78, 5) is 26.6. The number of ether oxygens (including phenoxy) is 2. The van der Waals surface area contributed by atoms with Crippen LogP contribution in [0.2, 0.25) is 0 Å². The number of carbonyl (C=O) groups is 2. The molecule has 1 atom stereocenters. The number of thiophene rings is 1. The van der Waals surface area contributed by atoms with E-state index in [4.69, 9.17) is 9.47 Å². The van der Waals surface area contributed by atoms with E-state index in [0.29, 0.717) is 16.1 Å². The first-order valence-electron chi connectivity index (χ1n) is 8.28. The standard InChI is InChI=1S/C20H17NO5S/c1-25-18(22)20(19(23)26-2)13-8-4-5-9-14(13)21(24)17(20)16-11-12-7-3-6-10-15(12)27-16/h3-11,17,24H,1-2H3/t17-/m0/s1. The highest BCUT2D eigenvalue weighted by molar-refractivity contribution is 7.19. The molecule has 0 fully saturated rings. The Bertz CT molecular complexity index is 995. The first kappa shape index (κ1) is 17.5. The second kappa shape index (κ2) is 6.37. The highest BCUT2D eigenvalue weighted by Crippen LogP contribution is 2.55. The lowest BCUT2D eigenvalue weighted by molar-refractivity contribution is -0.163. The van der Waals surface area contributed by atoms with Gasteiger partial charge in [0.15, 0.2) is 0 Å². The molecule has 1 aliphatic rings. The van der Waals surface area contributed by atoms with Gasteiger partial charge in [0, 0.05) is 15.1 Å². The summed E-state index contributed by atoms with van der Waals surface area (Å²) in [5.74, 6) is -1.55. The molecule has 7 heteroatoms. The number of nitrogens with zero attached hydrogens (tertiary/aromatic N) is 1. The fraction of sp³-hybridized carbons (Fsp3) is 0.200. The predicted molar refractivity (Wildman–Crippen MR) is 101 cm³/mol. The van der Waals surface area contributed by atoms with Crippen LogP contribution in [0.4, 0.5) is 5.69 Å². The van der Waals surface area contributed by atoms with Gasteiger partial charge in [0.05, 0.1) is 19.9 Å². The number of hydrogen-bond donors (Lipinski definition) is 1. The first-order chi connectivity index (χ1) is 13.1. The van der Waals surface area contributed by atoms with Gasteiger partial charge in [-0.3, -0.25) is 14.8 Å². The van der Waals surface area contributed by atoms with Crippen LogP contribution in [0.1, 0.15) is 16.5 Å². The summed E-state index contributed by atoms with van der Waals surface area (Å²) in [6, 6.07) is 15.3. The summed E-state index contributed by atoms with van der Waals surface area (Å²) in [5, 5.41) is 12.9. The zero-order valence-corrected chi connectivity index (χ0v) is 15.5. The number of carbonyl (C=O) groups excluding carboxylic acids is 2. The number of benzene rings is 2. The maximum Gasteiger partial charge on any atom is 0.330 e. The molecular weight excluding hydrogens is 366 g/mol. The molecule has 27 heavy (non-hydrogen) atoms. The van der Waals surface area contributed by atoms with Crippen molar-refractivity contribution in [2.75, 3.05) is 19.3 Å². The fourth-order valence-corrected chi connectivity index (χ4v) is 5.02. The molecule has 2 aromatic carbocycles. The number of fused-ring (bicyclic) bond motifs is 2. The van der Waals surface area contributed by atoms with E-state index in [9.17, 15) is 14.8 Å². The second-order valence-electron chi connectivity index (χ2n) is 6.24. The Morgan fingerprint density at radius 3 is 2.33 bits per heavy atom. The van der Waals surface area contributed by atoms with Crippen LogP contribution in [0, 0.1) is 0 Å². The molecule has 3 aromatic rings. The molecule has 2 heterocycles. The normalized spacial score (nSPS) is 17.6. The smallest absolute Gasteiger partial charge is 0.330 e. The van der Waals surface area contributed by atoms with Crippen LogP contribution in [0.5, 0.6) is 0 Å². The van der Waals surface area contributed by atoms with E-state index in [1.807, 2.05) is 30.3 Å². The second-order valence-corrected chi connectivity index (χ2v) is 7.36. The van der Waals surface area contributed by atoms with Crippen molar-refractivity contribution < 1.29 is 24.3 Å². The zero-order valence-electron chi connectivity index (χ0n) is 14.7. The van der Waals surface area contributed by atoms with Crippen molar-refractivity contribution in [3.05, 3.63) is 65.0 Å². The van der Waals surface area contributed by atoms with Gasteiger partial charge in [-0.25, -0.2) is 5.06 Å². The van der Waals surface area contributed by atoms with Crippen molar-refractivity contribution in [2.24, 2.45) is 0 Å². The van der Waals surface area contributed by atoms with Crippen LogP contribution < -0.4 is 5.06 Å². The molecule has 1 aromatic heterocycles. The van der Waals surface area contributed by atoms with Crippen molar-refractivity contribution in [3.8, 4) is 0 Å². The van der Waals surface area contributed by atoms with E-state index < -0.39 is 23.4 Å². The van der Waals surface area contributed by atoms with Gasteiger partial charge in [-0.15, -0.1) is 11.3 Å². The number of esters is 2. The molecule has 1 N–H and O–H groups in total. The van der Waals surface area contributed by atoms with Gasteiger partial charge in [0.25, 0.3) is 0 Å². The van der Waals surface area contributed by atoms with E-state index >= 15 is 0 Å². The maximum absolute atomic E-state index is 13.0. The van der Waals surface area contributed by atoms with Gasteiger partial charge in [0.2, 0.25) is 5.41 Å². The molecule has 6 nitrogen and oxygen atoms in total. The molecule has 0 saturated carbocycles. The lowest BCUT2D eigenvalue weighted by Crippen LogP contribution is -2.50. The van der Waals surface area contributed by atoms with Gasteiger partial charge in [-0.05, 0) is 23.6 Å². The summed E-state index contributed by atoms with van der Waals surface area (Å²) in [7, 11) is 2.44. The molecule has 0 unspecified atom stereocenters. The lowest BCUT2D eigenvalue weighted by atomic mass is 9.75. The number of rotatable bonds is 3. The molecule has 0 bridgehead atoms. The summed E-state index contributed by atoms with van der Waals surface area (Å²) in [6.07, 6.45) is 0. The Labute approximate surface area is 159 Å². The predicted octanol–water partition coefficient (Wildman–Crippen LogP) is 3.44. The Kier molecular flexibility index (Phi) is 4.13. The number of hydroxylamine groups is 1. The van der Waals surface area contributed by atoms with E-state index in [0.717, 1.165) is 15.1 Å². The number of hydrogen-bond acceptors (Lipinski definition) is 7. The number of para-hydroxylation sites is 1. The van der Waals surface area contributed by atoms with E-state index in [1.165, 1.54) is 25.6 Å². The summed E-state index contributed by atoms with van der Waals surface area (Å²) in [5.41, 5.74) is -1.10. The molecule has 1 aliphatic heterocycles. The van der Waals surface area contributed by atoms with Gasteiger partial charge >= 0.3 is 11.9 Å². The van der Waals surface area contributed by atoms with Gasteiger partial charge in [0.1, 0.15) is 6.04 Å². The van der Waals surface area contributed by atoms with Crippen molar-refractivity contribution in [3.63, 3.8) is 0 Å². The lowest BCUT2D eigenvalue weighted by Gasteiger charge is -2.31. The van der Waals surface area contributed by atoms with Crippen molar-refractivity contribution in [1.29, 1.82) is 0 Å². The fourth-order valence-electron chi connectivity index (χ4n) is 3.80. The third-order valence-corrected chi connectivity index (χ3v) is 6.13. The summed E-state index contributed by atoms with van der Waals surface area (Å²) < 4.78 is 11.0. The molecule has 4 rings (SSSR count). The van der Waals surface area contributed by atoms with E-state index in [2.05, 4.69) is 0 Å². The van der Waals surface area contributed by atoms with Gasteiger partial charge < -0.3 is 9.47 Å². The molecule has 0 amide bonds. The van der Waals surface area contributed by atoms with Crippen molar-refractivity contribution >= 4 is 39.0 Å². The minimum atomic E-state index is -1.82. The minimum Gasteiger partial charge on any atom is -0.468 e. The highest BCUT2D eigenvalue weighted by atomic mass is 32.1. The Balaban J connectivity index is 2.03. The summed E-state index contributed by atoms with van der Waals surface area (Å²) in [6.45, 7) is 0. The quantitative estimate of drug-likeness (QED) is 0.552.